The van der Waals surface area contributed by atoms with Gasteiger partial charge in [-0.2, -0.15) is 13.6 Å². The van der Waals surface area contributed by atoms with Crippen LogP contribution >= 0.6 is 31.1 Å². The standard InChI is InChI=1S/C35H49N15O23P4/c1-47-12-50(28-19(47)30(55)46-35(38)44-28)31-20(51)13(6-64-2)15(69-31)7-66-75(58,59)72-77(62,63)73-76(60,61)67-8-16-23(24(65-3)33(70-16)48-10-41-17-25(36)39-9-40-26(17)48)71-74(56,57)5-4-14-21(52)22(53)32(68-14)49-11-42-18-27(49)43-34(37)45-29(18)54/h9-16,20-24,31-33,51-53H,4-8H2,1-3H3,(H11-,36,37,38,39,40,43,44,45,46,54,55,56,57,58,59,60,61,62,63)/p+1/t13-,14-,15-,16?,20-,21-,22-,23-,24-,31-,32-,33-/m1/s1. The fourth-order valence-corrected chi connectivity index (χ4v) is 13.9. The number of phosphoric ester groups is 2. The fourth-order valence-electron chi connectivity index (χ4n) is 9.06. The molecule has 16 atom stereocenters. The minimum Gasteiger partial charge on any atom is -0.388 e. The second-order valence-electron chi connectivity index (χ2n) is 17.5. The summed E-state index contributed by atoms with van der Waals surface area (Å²) in [5.41, 5.74) is 15.9. The molecular weight excluding hydrogens is 1120 g/mol. The maximum atomic E-state index is 13.9. The first-order valence-electron chi connectivity index (χ1n) is 22.3. The minimum absolute atomic E-state index is 0.0144. The number of nitrogens with one attached hydrogen (secondary N) is 2. The van der Waals surface area contributed by atoms with Crippen LogP contribution in [0.15, 0.2) is 34.9 Å². The van der Waals surface area contributed by atoms with E-state index in [0.717, 1.165) is 24.3 Å². The van der Waals surface area contributed by atoms with Crippen molar-refractivity contribution in [1.29, 1.82) is 0 Å². The Kier molecular flexibility index (Phi) is 15.8. The number of H-pyrrole nitrogens is 2. The topological polar surface area (TPSA) is 542 Å². The number of nitrogens with two attached hydrogens (primary N) is 3. The molecule has 15 N–H and O–H groups in total. The van der Waals surface area contributed by atoms with Crippen molar-refractivity contribution in [3.63, 3.8) is 0 Å². The van der Waals surface area contributed by atoms with Crippen molar-refractivity contribution in [3.8, 4) is 0 Å². The predicted molar refractivity (Wildman–Crippen MR) is 252 cm³/mol. The van der Waals surface area contributed by atoms with Crippen LogP contribution in [0.4, 0.5) is 17.7 Å². The van der Waals surface area contributed by atoms with Crippen molar-refractivity contribution in [2.75, 3.05) is 57.4 Å². The number of aliphatic hydroxyl groups excluding tert-OH is 3. The Morgan fingerprint density at radius 1 is 0.714 bits per heavy atom. The van der Waals surface area contributed by atoms with Gasteiger partial charge in [-0.15, -0.1) is 0 Å². The summed E-state index contributed by atoms with van der Waals surface area (Å²) in [6.45, 7) is -2.39. The van der Waals surface area contributed by atoms with E-state index in [2.05, 4.69) is 48.5 Å². The number of nitrogens with zero attached hydrogens (tertiary/aromatic N) is 10. The molecule has 0 saturated carbocycles. The van der Waals surface area contributed by atoms with Gasteiger partial charge in [0.2, 0.25) is 17.7 Å². The third kappa shape index (κ3) is 11.5. The molecule has 0 spiro atoms. The lowest BCUT2D eigenvalue weighted by atomic mass is 9.99. The van der Waals surface area contributed by atoms with Crippen LogP contribution in [-0.4, -0.2) is 178 Å². The van der Waals surface area contributed by atoms with Gasteiger partial charge < -0.3 is 75.8 Å². The van der Waals surface area contributed by atoms with Crippen molar-refractivity contribution in [1.82, 2.24) is 53.6 Å². The lowest BCUT2D eigenvalue weighted by Crippen LogP contribution is -2.45. The largest absolute Gasteiger partial charge is 0.490 e. The number of aromatic amines is 2. The van der Waals surface area contributed by atoms with E-state index < -0.39 is 141 Å². The van der Waals surface area contributed by atoms with Crippen molar-refractivity contribution < 1.29 is 104 Å². The summed E-state index contributed by atoms with van der Waals surface area (Å²) in [6.07, 6.45) is -13.2. The van der Waals surface area contributed by atoms with E-state index in [1.807, 2.05) is 0 Å². The van der Waals surface area contributed by atoms with E-state index in [4.69, 9.17) is 54.5 Å². The fraction of sp³-hybridized carbons (Fsp3) is 0.571. The molecule has 9 heterocycles. The van der Waals surface area contributed by atoms with Crippen LogP contribution < -0.4 is 32.9 Å². The number of fused-ring (bicyclic) bond motifs is 3. The molecule has 0 radical (unpaired) electrons. The van der Waals surface area contributed by atoms with Crippen LogP contribution in [0.3, 0.4) is 0 Å². The molecule has 77 heavy (non-hydrogen) atoms. The number of hydrogen-bond donors (Lipinski definition) is 12. The van der Waals surface area contributed by atoms with Gasteiger partial charge in [0.25, 0.3) is 17.1 Å². The summed E-state index contributed by atoms with van der Waals surface area (Å²) >= 11 is 0. The van der Waals surface area contributed by atoms with E-state index in [1.54, 1.807) is 0 Å². The van der Waals surface area contributed by atoms with Gasteiger partial charge in [0.1, 0.15) is 48.5 Å². The molecule has 42 heteroatoms. The van der Waals surface area contributed by atoms with Crippen molar-refractivity contribution in [2.45, 2.75) is 73.9 Å². The summed E-state index contributed by atoms with van der Waals surface area (Å²) in [4.78, 5) is 96.8. The number of aryl methyl sites for hydroxylation is 1. The Morgan fingerprint density at radius 2 is 1.34 bits per heavy atom. The summed E-state index contributed by atoms with van der Waals surface area (Å²) in [5.74, 6) is -1.64. The number of aromatic nitrogens is 12. The maximum absolute atomic E-state index is 13.9. The zero-order valence-electron chi connectivity index (χ0n) is 39.9. The molecule has 0 amide bonds. The van der Waals surface area contributed by atoms with Crippen molar-refractivity contribution in [3.05, 3.63) is 46.0 Å². The zero-order valence-corrected chi connectivity index (χ0v) is 43.5. The van der Waals surface area contributed by atoms with Crippen LogP contribution in [0.1, 0.15) is 25.1 Å². The Hall–Kier alpha value is -5.11. The average molecular weight is 1170 g/mol. The molecule has 6 aromatic rings. The van der Waals surface area contributed by atoms with Gasteiger partial charge in [0.15, 0.2) is 41.4 Å². The number of methoxy groups -OCH3 is 2. The third-order valence-electron chi connectivity index (χ3n) is 12.4. The number of hydrogen-bond acceptors (Lipinski definition) is 28. The molecule has 0 aliphatic carbocycles. The maximum Gasteiger partial charge on any atom is 0.490 e. The monoisotopic (exact) mass is 1170 g/mol. The van der Waals surface area contributed by atoms with E-state index in [-0.39, 0.29) is 57.8 Å². The zero-order chi connectivity index (χ0) is 55.7. The van der Waals surface area contributed by atoms with Crippen LogP contribution in [0, 0.1) is 5.92 Å². The van der Waals surface area contributed by atoms with Crippen LogP contribution in [0.2, 0.25) is 0 Å². The van der Waals surface area contributed by atoms with Crippen LogP contribution in [0.25, 0.3) is 33.5 Å². The second kappa shape index (κ2) is 21.5. The molecule has 3 saturated heterocycles. The Labute approximate surface area is 428 Å². The van der Waals surface area contributed by atoms with Crippen molar-refractivity contribution >= 4 is 82.3 Å². The Bertz CT molecular complexity index is 3510. The Morgan fingerprint density at radius 3 is 2.01 bits per heavy atom. The van der Waals surface area contributed by atoms with Gasteiger partial charge in [-0.05, 0) is 6.42 Å². The first-order valence-corrected chi connectivity index (χ1v) is 28.6. The highest BCUT2D eigenvalue weighted by atomic mass is 31.3. The second-order valence-corrected chi connectivity index (χ2v) is 24.0. The number of ether oxygens (including phenoxy) is 5. The molecule has 0 aromatic carbocycles. The number of aliphatic hydroxyl groups is 3. The highest BCUT2D eigenvalue weighted by molar-refractivity contribution is 7.66. The number of imidazole rings is 3. The molecule has 6 aromatic heterocycles. The molecular formula is C35H50N15O23P4+. The summed E-state index contributed by atoms with van der Waals surface area (Å²) < 4.78 is 111. The summed E-state index contributed by atoms with van der Waals surface area (Å²) in [5, 5.41) is 33.2. The highest BCUT2D eigenvalue weighted by Gasteiger charge is 2.53. The first kappa shape index (κ1) is 56.6. The van der Waals surface area contributed by atoms with E-state index in [0.29, 0.717) is 0 Å². The van der Waals surface area contributed by atoms with E-state index in [1.165, 1.54) is 40.5 Å². The highest BCUT2D eigenvalue weighted by Crippen LogP contribution is 2.68. The number of anilines is 3. The molecule has 3 fully saturated rings. The lowest BCUT2D eigenvalue weighted by molar-refractivity contribution is -0.745. The molecule has 9 rings (SSSR count). The van der Waals surface area contributed by atoms with Gasteiger partial charge in [-0.1, -0.05) is 4.98 Å². The molecule has 38 nitrogen and oxygen atoms in total. The number of phosphoric acid groups is 3. The SMILES string of the molecule is COC[C@H]1[C@@H](O)[C@H]([n+]2cn(C)c3c(=O)[nH]c(N)nc32)O[C@@H]1COP(=O)(O)OP(=O)(O)OP(=O)(O)OCC1O[C@@H](n2cnc3c(N)ncnc32)[C@H](OC)[C@@H]1OP(=O)(O)CC[C@H]1O[C@@H](n2cnc3c(=O)[nH]c(N)nc32)[C@H](O)[C@@H]1O. The minimum atomic E-state index is -6.16. The smallest absolute Gasteiger partial charge is 0.388 e. The quantitative estimate of drug-likeness (QED) is 0.0247. The number of nitrogen functional groups attached to an aromatic ring is 3. The van der Waals surface area contributed by atoms with E-state index in [9.17, 15) is 62.7 Å². The normalized spacial score (nSPS) is 30.0. The molecule has 0 bridgehead atoms. The van der Waals surface area contributed by atoms with Crippen LogP contribution in [0.5, 0.6) is 0 Å². The van der Waals surface area contributed by atoms with Gasteiger partial charge in [0.05, 0.1) is 57.9 Å². The van der Waals surface area contributed by atoms with Gasteiger partial charge in [0, 0.05) is 20.1 Å². The third-order valence-corrected chi connectivity index (χ3v) is 18.1. The molecule has 3 aliphatic heterocycles. The number of rotatable bonds is 21. The molecule has 5 unspecified atom stereocenters. The lowest BCUT2D eigenvalue weighted by Gasteiger charge is -2.26. The van der Waals surface area contributed by atoms with Gasteiger partial charge in [-0.3, -0.25) is 51.4 Å². The summed E-state index contributed by atoms with van der Waals surface area (Å²) in [6, 6.07) is 0. The van der Waals surface area contributed by atoms with Gasteiger partial charge >= 0.3 is 36.7 Å². The van der Waals surface area contributed by atoms with Gasteiger partial charge in [-0.25, -0.2) is 38.2 Å². The van der Waals surface area contributed by atoms with Crippen molar-refractivity contribution in [2.24, 2.45) is 13.0 Å². The predicted octanol–water partition coefficient (Wildman–Crippen LogP) is -3.35. The molecule has 422 valence electrons. The summed E-state index contributed by atoms with van der Waals surface area (Å²) in [7, 11) is -18.9. The van der Waals surface area contributed by atoms with Crippen LogP contribution in [-0.2, 0) is 71.2 Å². The Balaban J connectivity index is 0.869. The molecule has 3 aliphatic rings. The average Bonchev–Trinajstić information content (AvgIpc) is 4.21. The van der Waals surface area contributed by atoms with E-state index >= 15 is 0 Å². The first-order chi connectivity index (χ1) is 36.2.